The van der Waals surface area contributed by atoms with E-state index in [1.54, 1.807) is 6.07 Å². The Morgan fingerprint density at radius 1 is 1.42 bits per heavy atom. The van der Waals surface area contributed by atoms with E-state index in [2.05, 4.69) is 26.1 Å². The average molecular weight is 327 g/mol. The Kier molecular flexibility index (Phi) is 4.55. The first-order chi connectivity index (χ1) is 9.10. The van der Waals surface area contributed by atoms with Gasteiger partial charge in [-0.3, -0.25) is 0 Å². The molecule has 0 fully saturated rings. The molecule has 0 saturated carbocycles. The molecule has 1 aromatic heterocycles. The largest absolute Gasteiger partial charge is 0.484 e. The summed E-state index contributed by atoms with van der Waals surface area (Å²) in [6, 6.07) is 5.40. The quantitative estimate of drug-likeness (QED) is 0.914. The molecule has 0 saturated heterocycles. The van der Waals surface area contributed by atoms with Gasteiger partial charge in [-0.25, -0.2) is 0 Å². The molecule has 2 rings (SSSR count). The number of benzene rings is 1. The van der Waals surface area contributed by atoms with Crippen LogP contribution >= 0.6 is 15.9 Å². The Hall–Kier alpha value is -1.40. The van der Waals surface area contributed by atoms with Crippen molar-refractivity contribution in [1.29, 1.82) is 0 Å². The highest BCUT2D eigenvalue weighted by Crippen LogP contribution is 2.23. The second-order valence-electron chi connectivity index (χ2n) is 4.40. The molecule has 0 bridgehead atoms. The van der Waals surface area contributed by atoms with E-state index in [9.17, 15) is 0 Å². The molecule has 0 aliphatic rings. The van der Waals surface area contributed by atoms with E-state index in [0.29, 0.717) is 17.5 Å². The summed E-state index contributed by atoms with van der Waals surface area (Å²) in [4.78, 5) is 4.22. The number of aliphatic hydroxyl groups excluding tert-OH is 1. The Morgan fingerprint density at radius 3 is 2.84 bits per heavy atom. The lowest BCUT2D eigenvalue weighted by molar-refractivity contribution is 0.240. The van der Waals surface area contributed by atoms with Gasteiger partial charge in [0.25, 0.3) is 5.89 Å². The molecule has 1 aromatic carbocycles. The SMILES string of the molecule is CC(C)c1noc(COc2ccc(Br)c(CO)c2)n1. The second-order valence-corrected chi connectivity index (χ2v) is 5.26. The van der Waals surface area contributed by atoms with Gasteiger partial charge >= 0.3 is 0 Å². The van der Waals surface area contributed by atoms with Gasteiger partial charge in [-0.05, 0) is 23.8 Å². The number of nitrogens with zero attached hydrogens (tertiary/aromatic N) is 2. The molecule has 19 heavy (non-hydrogen) atoms. The Balaban J connectivity index is 2.01. The maximum Gasteiger partial charge on any atom is 0.264 e. The van der Waals surface area contributed by atoms with Crippen LogP contribution in [-0.4, -0.2) is 15.2 Å². The molecule has 0 radical (unpaired) electrons. The monoisotopic (exact) mass is 326 g/mol. The fourth-order valence-corrected chi connectivity index (χ4v) is 1.84. The minimum Gasteiger partial charge on any atom is -0.484 e. The van der Waals surface area contributed by atoms with Crippen molar-refractivity contribution in [2.24, 2.45) is 0 Å². The lowest BCUT2D eigenvalue weighted by atomic mass is 10.2. The van der Waals surface area contributed by atoms with Crippen molar-refractivity contribution in [1.82, 2.24) is 10.1 Å². The fraction of sp³-hybridized carbons (Fsp3) is 0.385. The first-order valence-electron chi connectivity index (χ1n) is 5.94. The van der Waals surface area contributed by atoms with Crippen LogP contribution in [0.5, 0.6) is 5.75 Å². The molecule has 5 nitrogen and oxygen atoms in total. The predicted molar refractivity (Wildman–Crippen MR) is 72.8 cm³/mol. The van der Waals surface area contributed by atoms with Gasteiger partial charge in [-0.1, -0.05) is 34.9 Å². The zero-order valence-corrected chi connectivity index (χ0v) is 12.3. The lowest BCUT2D eigenvalue weighted by Crippen LogP contribution is -1.98. The average Bonchev–Trinajstić information content (AvgIpc) is 2.87. The molecule has 0 amide bonds. The summed E-state index contributed by atoms with van der Waals surface area (Å²) in [7, 11) is 0. The van der Waals surface area contributed by atoms with Crippen molar-refractivity contribution in [3.05, 3.63) is 40.0 Å². The van der Waals surface area contributed by atoms with Crippen LogP contribution < -0.4 is 4.74 Å². The van der Waals surface area contributed by atoms with Gasteiger partial charge in [-0.15, -0.1) is 0 Å². The van der Waals surface area contributed by atoms with Crippen molar-refractivity contribution in [2.75, 3.05) is 0 Å². The lowest BCUT2D eigenvalue weighted by Gasteiger charge is -2.06. The van der Waals surface area contributed by atoms with Crippen molar-refractivity contribution in [2.45, 2.75) is 33.0 Å². The molecule has 102 valence electrons. The number of ether oxygens (including phenoxy) is 1. The Morgan fingerprint density at radius 2 is 2.21 bits per heavy atom. The van der Waals surface area contributed by atoms with Crippen molar-refractivity contribution in [3.63, 3.8) is 0 Å². The number of hydrogen-bond donors (Lipinski definition) is 1. The molecule has 6 heteroatoms. The molecule has 0 aliphatic carbocycles. The summed E-state index contributed by atoms with van der Waals surface area (Å²) in [6.07, 6.45) is 0. The minimum atomic E-state index is -0.0458. The first-order valence-corrected chi connectivity index (χ1v) is 6.74. The Bertz CT molecular complexity index is 555. The van der Waals surface area contributed by atoms with Crippen LogP contribution in [0.15, 0.2) is 27.2 Å². The van der Waals surface area contributed by atoms with Crippen LogP contribution in [0.2, 0.25) is 0 Å². The van der Waals surface area contributed by atoms with Gasteiger partial charge in [0.05, 0.1) is 6.61 Å². The van der Waals surface area contributed by atoms with E-state index in [1.807, 2.05) is 26.0 Å². The second kappa shape index (κ2) is 6.16. The summed E-state index contributed by atoms with van der Waals surface area (Å²) < 4.78 is 11.5. The molecule has 1 heterocycles. The summed E-state index contributed by atoms with van der Waals surface area (Å²) in [5.74, 6) is 1.99. The number of halogens is 1. The smallest absolute Gasteiger partial charge is 0.264 e. The number of rotatable bonds is 5. The highest BCUT2D eigenvalue weighted by Gasteiger charge is 2.10. The van der Waals surface area contributed by atoms with Crippen LogP contribution in [0.25, 0.3) is 0 Å². The van der Waals surface area contributed by atoms with Gasteiger partial charge in [0.2, 0.25) is 0 Å². The summed E-state index contributed by atoms with van der Waals surface area (Å²) >= 11 is 3.35. The van der Waals surface area contributed by atoms with Gasteiger partial charge in [0, 0.05) is 10.4 Å². The van der Waals surface area contributed by atoms with Gasteiger partial charge < -0.3 is 14.4 Å². The predicted octanol–water partition coefficient (Wildman–Crippen LogP) is 3.03. The standard InChI is InChI=1S/C13H15BrN2O3/c1-8(2)13-15-12(19-16-13)7-18-10-3-4-11(14)9(5-10)6-17/h3-5,8,17H,6-7H2,1-2H3. The zero-order valence-electron chi connectivity index (χ0n) is 10.8. The molecular weight excluding hydrogens is 312 g/mol. The molecular formula is C13H15BrN2O3. The van der Waals surface area contributed by atoms with Gasteiger partial charge in [-0.2, -0.15) is 4.98 Å². The van der Waals surface area contributed by atoms with E-state index in [-0.39, 0.29) is 19.1 Å². The van der Waals surface area contributed by atoms with Crippen LogP contribution in [0.3, 0.4) is 0 Å². The third kappa shape index (κ3) is 3.54. The van der Waals surface area contributed by atoms with E-state index in [0.717, 1.165) is 10.0 Å². The maximum atomic E-state index is 9.17. The molecule has 0 unspecified atom stereocenters. The summed E-state index contributed by atoms with van der Waals surface area (Å²) in [5.41, 5.74) is 0.769. The van der Waals surface area contributed by atoms with E-state index < -0.39 is 0 Å². The van der Waals surface area contributed by atoms with Crippen LogP contribution in [0.1, 0.15) is 37.0 Å². The summed E-state index contributed by atoms with van der Waals surface area (Å²) in [5, 5.41) is 13.0. The first kappa shape index (κ1) is 14.0. The molecule has 0 atom stereocenters. The highest BCUT2D eigenvalue weighted by molar-refractivity contribution is 9.10. The zero-order chi connectivity index (χ0) is 13.8. The van der Waals surface area contributed by atoms with E-state index in [4.69, 9.17) is 14.4 Å². The number of aromatic nitrogens is 2. The molecule has 1 N–H and O–H groups in total. The van der Waals surface area contributed by atoms with Crippen LogP contribution in [-0.2, 0) is 13.2 Å². The highest BCUT2D eigenvalue weighted by atomic mass is 79.9. The summed E-state index contributed by atoms with van der Waals surface area (Å²) in [6.45, 7) is 4.16. The van der Waals surface area contributed by atoms with E-state index >= 15 is 0 Å². The van der Waals surface area contributed by atoms with Crippen molar-refractivity contribution >= 4 is 15.9 Å². The van der Waals surface area contributed by atoms with Crippen LogP contribution in [0, 0.1) is 0 Å². The van der Waals surface area contributed by atoms with Gasteiger partial charge in [0.1, 0.15) is 5.75 Å². The third-order valence-electron chi connectivity index (χ3n) is 2.55. The number of hydrogen-bond acceptors (Lipinski definition) is 5. The molecule has 0 spiro atoms. The molecule has 0 aliphatic heterocycles. The van der Waals surface area contributed by atoms with E-state index in [1.165, 1.54) is 0 Å². The van der Waals surface area contributed by atoms with Gasteiger partial charge in [0.15, 0.2) is 12.4 Å². The maximum absolute atomic E-state index is 9.17. The van der Waals surface area contributed by atoms with Crippen molar-refractivity contribution in [3.8, 4) is 5.75 Å². The normalized spacial score (nSPS) is 11.0. The van der Waals surface area contributed by atoms with Crippen molar-refractivity contribution < 1.29 is 14.4 Å². The topological polar surface area (TPSA) is 68.4 Å². The Labute approximate surface area is 119 Å². The third-order valence-corrected chi connectivity index (χ3v) is 3.32. The fourth-order valence-electron chi connectivity index (χ4n) is 1.47. The minimum absolute atomic E-state index is 0.0458. The number of aliphatic hydroxyl groups is 1. The molecule has 2 aromatic rings. The van der Waals surface area contributed by atoms with Crippen LogP contribution in [0.4, 0.5) is 0 Å².